The fraction of sp³-hybridized carbons (Fsp3) is 0.917. The molecule has 0 aromatic carbocycles. The molecule has 5 nitrogen and oxygen atoms in total. The van der Waals surface area contributed by atoms with E-state index in [9.17, 15) is 9.90 Å². The van der Waals surface area contributed by atoms with Gasteiger partial charge in [-0.15, -0.1) is 0 Å². The number of aliphatic hydroxyl groups is 1. The number of hydrogen-bond donors (Lipinski definition) is 2. The average molecular weight is 245 g/mol. The number of aliphatic hydroxyl groups excluding tert-OH is 1. The summed E-state index contributed by atoms with van der Waals surface area (Å²) in [7, 11) is 0. The molecule has 5 heteroatoms. The van der Waals surface area contributed by atoms with Crippen molar-refractivity contribution >= 4 is 6.09 Å². The molecule has 1 saturated heterocycles. The normalized spacial score (nSPS) is 26.6. The van der Waals surface area contributed by atoms with Gasteiger partial charge in [-0.2, -0.15) is 0 Å². The molecule has 0 bridgehead atoms. The molecule has 100 valence electrons. The molecule has 1 aliphatic heterocycles. The maximum atomic E-state index is 11.7. The van der Waals surface area contributed by atoms with E-state index in [0.29, 0.717) is 26.1 Å². The molecule has 2 N–H and O–H groups in total. The Labute approximate surface area is 102 Å². The Balaban J connectivity index is 2.58. The van der Waals surface area contributed by atoms with Crippen LogP contribution in [-0.2, 0) is 9.47 Å². The number of carbonyl (C=O) groups is 1. The number of nitrogens with one attached hydrogen (secondary N) is 1. The highest BCUT2D eigenvalue weighted by Gasteiger charge is 2.38. The van der Waals surface area contributed by atoms with Gasteiger partial charge in [0.2, 0.25) is 0 Å². The van der Waals surface area contributed by atoms with E-state index < -0.39 is 23.3 Å². The fourth-order valence-corrected chi connectivity index (χ4v) is 2.00. The SMILES string of the molecule is C[C@H](O)CC1(NC(=O)OC(C)(C)C)CCOC1. The van der Waals surface area contributed by atoms with Gasteiger partial charge in [-0.25, -0.2) is 4.79 Å². The predicted octanol–water partition coefficient (Wildman–Crippen LogP) is 1.44. The first-order chi connectivity index (χ1) is 7.72. The molecule has 1 heterocycles. The lowest BCUT2D eigenvalue weighted by Gasteiger charge is -2.31. The molecule has 1 amide bonds. The molecule has 0 aromatic heterocycles. The zero-order valence-corrected chi connectivity index (χ0v) is 11.1. The monoisotopic (exact) mass is 245 g/mol. The maximum Gasteiger partial charge on any atom is 0.408 e. The van der Waals surface area contributed by atoms with Gasteiger partial charge in [-0.1, -0.05) is 0 Å². The van der Waals surface area contributed by atoms with E-state index in [4.69, 9.17) is 9.47 Å². The van der Waals surface area contributed by atoms with Crippen LogP contribution in [0.3, 0.4) is 0 Å². The number of rotatable bonds is 3. The van der Waals surface area contributed by atoms with Gasteiger partial charge in [0.05, 0.1) is 18.2 Å². The van der Waals surface area contributed by atoms with Crippen molar-refractivity contribution in [1.82, 2.24) is 5.32 Å². The van der Waals surface area contributed by atoms with Crippen molar-refractivity contribution in [3.8, 4) is 0 Å². The van der Waals surface area contributed by atoms with Gasteiger partial charge in [0.25, 0.3) is 0 Å². The van der Waals surface area contributed by atoms with Gasteiger partial charge >= 0.3 is 6.09 Å². The predicted molar refractivity (Wildman–Crippen MR) is 63.8 cm³/mol. The van der Waals surface area contributed by atoms with Gasteiger partial charge in [-0.05, 0) is 40.5 Å². The lowest BCUT2D eigenvalue weighted by molar-refractivity contribution is 0.0388. The Morgan fingerprint density at radius 1 is 1.59 bits per heavy atom. The topological polar surface area (TPSA) is 67.8 Å². The highest BCUT2D eigenvalue weighted by atomic mass is 16.6. The average Bonchev–Trinajstić information content (AvgIpc) is 2.47. The highest BCUT2D eigenvalue weighted by Crippen LogP contribution is 2.25. The summed E-state index contributed by atoms with van der Waals surface area (Å²) in [6, 6.07) is 0. The third kappa shape index (κ3) is 4.91. The molecular weight excluding hydrogens is 222 g/mol. The first-order valence-corrected chi connectivity index (χ1v) is 5.99. The molecule has 0 aromatic rings. The van der Waals surface area contributed by atoms with Crippen molar-refractivity contribution < 1.29 is 19.4 Å². The summed E-state index contributed by atoms with van der Waals surface area (Å²) in [5, 5.41) is 12.3. The van der Waals surface area contributed by atoms with Crippen LogP contribution >= 0.6 is 0 Å². The van der Waals surface area contributed by atoms with Crippen LogP contribution < -0.4 is 5.32 Å². The summed E-state index contributed by atoms with van der Waals surface area (Å²) in [6.07, 6.45) is 0.249. The molecule has 1 unspecified atom stereocenters. The van der Waals surface area contributed by atoms with E-state index in [1.807, 2.05) is 20.8 Å². The van der Waals surface area contributed by atoms with E-state index >= 15 is 0 Å². The third-order valence-corrected chi connectivity index (χ3v) is 2.56. The Morgan fingerprint density at radius 3 is 2.65 bits per heavy atom. The minimum atomic E-state index is -0.518. The summed E-state index contributed by atoms with van der Waals surface area (Å²) in [5.41, 5.74) is -1.01. The zero-order valence-electron chi connectivity index (χ0n) is 11.1. The van der Waals surface area contributed by atoms with Crippen molar-refractivity contribution in [2.24, 2.45) is 0 Å². The minimum Gasteiger partial charge on any atom is -0.444 e. The Bertz CT molecular complexity index is 264. The first kappa shape index (κ1) is 14.3. The van der Waals surface area contributed by atoms with Crippen molar-refractivity contribution in [3.05, 3.63) is 0 Å². The van der Waals surface area contributed by atoms with Crippen molar-refractivity contribution in [3.63, 3.8) is 0 Å². The quantitative estimate of drug-likeness (QED) is 0.789. The Hall–Kier alpha value is -0.810. The molecule has 2 atom stereocenters. The van der Waals surface area contributed by atoms with Crippen LogP contribution in [0.2, 0.25) is 0 Å². The van der Waals surface area contributed by atoms with E-state index in [-0.39, 0.29) is 0 Å². The maximum absolute atomic E-state index is 11.7. The lowest BCUT2D eigenvalue weighted by Crippen LogP contribution is -2.52. The van der Waals surface area contributed by atoms with Crippen LogP contribution in [0.4, 0.5) is 4.79 Å². The molecule has 0 spiro atoms. The van der Waals surface area contributed by atoms with Crippen LogP contribution in [0.15, 0.2) is 0 Å². The van der Waals surface area contributed by atoms with Crippen molar-refractivity contribution in [2.45, 2.75) is 57.8 Å². The second-order valence-electron chi connectivity index (χ2n) is 5.76. The second-order valence-corrected chi connectivity index (χ2v) is 5.76. The standard InChI is InChI=1S/C12H23NO4/c1-9(14)7-12(5-6-16-8-12)13-10(15)17-11(2,3)4/h9,14H,5-8H2,1-4H3,(H,13,15)/t9-,12?/m0/s1. The molecule has 0 radical (unpaired) electrons. The Kier molecular flexibility index (Phi) is 4.38. The highest BCUT2D eigenvalue weighted by molar-refractivity contribution is 5.68. The number of hydrogen-bond acceptors (Lipinski definition) is 4. The number of alkyl carbamates (subject to hydrolysis) is 1. The number of ether oxygens (including phenoxy) is 2. The van der Waals surface area contributed by atoms with Gasteiger partial charge in [0.1, 0.15) is 5.60 Å². The fourth-order valence-electron chi connectivity index (χ4n) is 2.00. The smallest absolute Gasteiger partial charge is 0.408 e. The number of carbonyl (C=O) groups excluding carboxylic acids is 1. The molecule has 0 aliphatic carbocycles. The molecule has 0 saturated carbocycles. The van der Waals surface area contributed by atoms with Crippen molar-refractivity contribution in [1.29, 1.82) is 0 Å². The van der Waals surface area contributed by atoms with Crippen LogP contribution in [0.25, 0.3) is 0 Å². The van der Waals surface area contributed by atoms with E-state index in [1.165, 1.54) is 0 Å². The van der Waals surface area contributed by atoms with Crippen LogP contribution in [0.5, 0.6) is 0 Å². The Morgan fingerprint density at radius 2 is 2.24 bits per heavy atom. The summed E-state index contributed by atoms with van der Waals surface area (Å²) in [4.78, 5) is 11.7. The van der Waals surface area contributed by atoms with Crippen LogP contribution in [0, 0.1) is 0 Å². The zero-order chi connectivity index (χ0) is 13.1. The summed E-state index contributed by atoms with van der Waals surface area (Å²) < 4.78 is 10.5. The number of amides is 1. The van der Waals surface area contributed by atoms with Gasteiger partial charge in [-0.3, -0.25) is 0 Å². The third-order valence-electron chi connectivity index (χ3n) is 2.56. The van der Waals surface area contributed by atoms with Crippen LogP contribution in [-0.4, -0.2) is 41.7 Å². The van der Waals surface area contributed by atoms with E-state index in [0.717, 1.165) is 0 Å². The largest absolute Gasteiger partial charge is 0.444 e. The summed E-state index contributed by atoms with van der Waals surface area (Å²) in [5.74, 6) is 0. The first-order valence-electron chi connectivity index (χ1n) is 5.99. The summed E-state index contributed by atoms with van der Waals surface area (Å²) in [6.45, 7) is 8.19. The molecule has 1 aliphatic rings. The van der Waals surface area contributed by atoms with E-state index in [2.05, 4.69) is 5.32 Å². The molecule has 1 fully saturated rings. The van der Waals surface area contributed by atoms with Crippen molar-refractivity contribution in [2.75, 3.05) is 13.2 Å². The van der Waals surface area contributed by atoms with Gasteiger partial charge in [0.15, 0.2) is 0 Å². The molecule has 17 heavy (non-hydrogen) atoms. The van der Waals surface area contributed by atoms with E-state index in [1.54, 1.807) is 6.92 Å². The minimum absolute atomic E-state index is 0.428. The van der Waals surface area contributed by atoms with Gasteiger partial charge < -0.3 is 19.9 Å². The lowest BCUT2D eigenvalue weighted by atomic mass is 9.92. The van der Waals surface area contributed by atoms with Gasteiger partial charge in [0, 0.05) is 6.61 Å². The second kappa shape index (κ2) is 5.23. The molecular formula is C12H23NO4. The van der Waals surface area contributed by atoms with Crippen LogP contribution in [0.1, 0.15) is 40.5 Å². The molecule has 1 rings (SSSR count). The summed E-state index contributed by atoms with van der Waals surface area (Å²) >= 11 is 0.